The lowest BCUT2D eigenvalue weighted by atomic mass is 10.2. The second-order valence-electron chi connectivity index (χ2n) is 4.87. The van der Waals surface area contributed by atoms with Gasteiger partial charge in [0.2, 0.25) is 0 Å². The van der Waals surface area contributed by atoms with Crippen molar-refractivity contribution in [2.24, 2.45) is 0 Å². The molecule has 0 saturated carbocycles. The summed E-state index contributed by atoms with van der Waals surface area (Å²) < 4.78 is 1.70. The fraction of sp³-hybridized carbons (Fsp3) is 0.312. The minimum atomic E-state index is -0.349. The molecule has 0 aliphatic carbocycles. The van der Waals surface area contributed by atoms with E-state index in [0.29, 0.717) is 25.2 Å². The van der Waals surface area contributed by atoms with Crippen LogP contribution >= 0.6 is 0 Å². The largest absolute Gasteiger partial charge is 0.335 e. The predicted octanol–water partition coefficient (Wildman–Crippen LogP) is 1.19. The van der Waals surface area contributed by atoms with Crippen molar-refractivity contribution in [1.82, 2.24) is 14.5 Å². The van der Waals surface area contributed by atoms with E-state index in [1.807, 2.05) is 24.3 Å². The van der Waals surface area contributed by atoms with Gasteiger partial charge < -0.3 is 9.47 Å². The Labute approximate surface area is 123 Å². The molecule has 2 aromatic rings. The van der Waals surface area contributed by atoms with Gasteiger partial charge in [0.15, 0.2) is 0 Å². The van der Waals surface area contributed by atoms with Crippen molar-refractivity contribution in [1.29, 1.82) is 0 Å². The Morgan fingerprint density at radius 3 is 2.86 bits per heavy atom. The van der Waals surface area contributed by atoms with Gasteiger partial charge in [-0.3, -0.25) is 9.59 Å². The number of fused-ring (bicyclic) bond motifs is 1. The highest BCUT2D eigenvalue weighted by atomic mass is 16.2. The number of aromatic nitrogens is 2. The Hall–Kier alpha value is -2.61. The zero-order valence-corrected chi connectivity index (χ0v) is 12.2. The van der Waals surface area contributed by atoms with Crippen LogP contribution in [0.15, 0.2) is 29.1 Å². The monoisotopic (exact) mass is 283 g/mol. The lowest BCUT2D eigenvalue weighted by Crippen LogP contribution is -2.29. The lowest BCUT2D eigenvalue weighted by Gasteiger charge is -2.15. The highest BCUT2D eigenvalue weighted by Crippen LogP contribution is 2.10. The first-order valence-electron chi connectivity index (χ1n) is 6.72. The number of carbonyl (C=O) groups is 1. The highest BCUT2D eigenvalue weighted by molar-refractivity contribution is 5.92. The summed E-state index contributed by atoms with van der Waals surface area (Å²) in [4.78, 5) is 29.3. The molecule has 5 heteroatoms. The van der Waals surface area contributed by atoms with Crippen LogP contribution in [0.3, 0.4) is 0 Å². The highest BCUT2D eigenvalue weighted by Gasteiger charge is 2.09. The third-order valence-electron chi connectivity index (χ3n) is 3.36. The number of terminal acetylenes is 1. The molecule has 108 valence electrons. The van der Waals surface area contributed by atoms with E-state index >= 15 is 0 Å². The Bertz CT molecular complexity index is 771. The van der Waals surface area contributed by atoms with E-state index in [1.54, 1.807) is 18.5 Å². The molecule has 0 N–H and O–H groups in total. The molecule has 1 amide bonds. The normalized spacial score (nSPS) is 10.3. The molecule has 1 aromatic heterocycles. The van der Waals surface area contributed by atoms with Gasteiger partial charge in [-0.25, -0.2) is 4.98 Å². The van der Waals surface area contributed by atoms with E-state index in [-0.39, 0.29) is 11.5 Å². The second kappa shape index (κ2) is 6.23. The van der Waals surface area contributed by atoms with Crippen LogP contribution in [0.4, 0.5) is 0 Å². The van der Waals surface area contributed by atoms with E-state index < -0.39 is 0 Å². The second-order valence-corrected chi connectivity index (χ2v) is 4.87. The Morgan fingerprint density at radius 1 is 1.43 bits per heavy atom. The molecule has 2 rings (SSSR count). The molecule has 21 heavy (non-hydrogen) atoms. The van der Waals surface area contributed by atoms with Gasteiger partial charge in [0, 0.05) is 20.1 Å². The number of nitrogens with zero attached hydrogens (tertiary/aromatic N) is 3. The predicted molar refractivity (Wildman–Crippen MR) is 81.8 cm³/mol. The molecule has 0 radical (unpaired) electrons. The van der Waals surface area contributed by atoms with Crippen molar-refractivity contribution in [2.45, 2.75) is 19.9 Å². The zero-order valence-electron chi connectivity index (χ0n) is 12.2. The first-order valence-corrected chi connectivity index (χ1v) is 6.72. The molecule has 0 aliphatic rings. The number of hydrogen-bond acceptors (Lipinski definition) is 3. The van der Waals surface area contributed by atoms with Crippen LogP contribution in [0.2, 0.25) is 0 Å². The number of hydrogen-bond donors (Lipinski definition) is 0. The van der Waals surface area contributed by atoms with Crippen LogP contribution in [0.25, 0.3) is 11.0 Å². The lowest BCUT2D eigenvalue weighted by molar-refractivity contribution is -0.123. The number of aryl methyl sites for hydroxylation is 2. The zero-order chi connectivity index (χ0) is 15.4. The van der Waals surface area contributed by atoms with Crippen molar-refractivity contribution in [2.75, 3.05) is 13.6 Å². The van der Waals surface area contributed by atoms with Crippen LogP contribution < -0.4 is 5.56 Å². The van der Waals surface area contributed by atoms with Crippen molar-refractivity contribution >= 4 is 16.9 Å². The first-order chi connectivity index (χ1) is 10.0. The quantitative estimate of drug-likeness (QED) is 0.792. The molecule has 1 aromatic carbocycles. The number of benzene rings is 1. The Balaban J connectivity index is 2.23. The van der Waals surface area contributed by atoms with Crippen LogP contribution in [-0.2, 0) is 11.3 Å². The molecule has 0 saturated heterocycles. The molecular formula is C16H17N3O2. The molecule has 0 fully saturated rings. The van der Waals surface area contributed by atoms with Gasteiger partial charge in [0.25, 0.3) is 11.5 Å². The summed E-state index contributed by atoms with van der Waals surface area (Å²) in [6.07, 6.45) is 5.72. The SMILES string of the molecule is C#CC(=O)N(C)CCCn1c(=O)c(C)nc2ccccc21. The molecule has 0 spiro atoms. The summed E-state index contributed by atoms with van der Waals surface area (Å²) in [6.45, 7) is 2.73. The molecule has 1 heterocycles. The van der Waals surface area contributed by atoms with Crippen molar-refractivity contribution in [3.63, 3.8) is 0 Å². The average Bonchev–Trinajstić information content (AvgIpc) is 2.50. The first kappa shape index (κ1) is 14.8. The van der Waals surface area contributed by atoms with Crippen LogP contribution in [0, 0.1) is 19.3 Å². The van der Waals surface area contributed by atoms with Gasteiger partial charge in [0.05, 0.1) is 11.0 Å². The van der Waals surface area contributed by atoms with Gasteiger partial charge >= 0.3 is 0 Å². The standard InChI is InChI=1S/C16H17N3O2/c1-4-15(20)18(3)10-7-11-19-14-9-6-5-8-13(14)17-12(2)16(19)21/h1,5-6,8-9H,7,10-11H2,2-3H3. The number of carbonyl (C=O) groups excluding carboxylic acids is 1. The summed E-state index contributed by atoms with van der Waals surface area (Å²) in [5.74, 6) is 1.72. The summed E-state index contributed by atoms with van der Waals surface area (Å²) in [5, 5.41) is 0. The summed E-state index contributed by atoms with van der Waals surface area (Å²) in [7, 11) is 1.65. The maximum absolute atomic E-state index is 12.2. The topological polar surface area (TPSA) is 55.2 Å². The third-order valence-corrected chi connectivity index (χ3v) is 3.36. The van der Waals surface area contributed by atoms with Crippen LogP contribution in [0.1, 0.15) is 12.1 Å². The smallest absolute Gasteiger partial charge is 0.297 e. The average molecular weight is 283 g/mol. The van der Waals surface area contributed by atoms with E-state index in [1.165, 1.54) is 4.90 Å². The van der Waals surface area contributed by atoms with Crippen molar-refractivity contribution in [3.8, 4) is 12.3 Å². The summed E-state index contributed by atoms with van der Waals surface area (Å²) >= 11 is 0. The molecule has 0 atom stereocenters. The fourth-order valence-corrected chi connectivity index (χ4v) is 2.22. The Kier molecular flexibility index (Phi) is 4.39. The van der Waals surface area contributed by atoms with Crippen molar-refractivity contribution in [3.05, 3.63) is 40.3 Å². The Morgan fingerprint density at radius 2 is 2.14 bits per heavy atom. The van der Waals surface area contributed by atoms with Crippen LogP contribution in [-0.4, -0.2) is 34.0 Å². The van der Waals surface area contributed by atoms with E-state index in [0.717, 1.165) is 11.0 Å². The number of para-hydroxylation sites is 2. The van der Waals surface area contributed by atoms with Gasteiger partial charge in [-0.1, -0.05) is 12.1 Å². The van der Waals surface area contributed by atoms with Crippen LogP contribution in [0.5, 0.6) is 0 Å². The van der Waals surface area contributed by atoms with Gasteiger partial charge in [-0.05, 0) is 31.4 Å². The molecule has 5 nitrogen and oxygen atoms in total. The maximum Gasteiger partial charge on any atom is 0.297 e. The molecule has 0 unspecified atom stereocenters. The molecule has 0 aliphatic heterocycles. The minimum Gasteiger partial charge on any atom is -0.335 e. The minimum absolute atomic E-state index is 0.0976. The van der Waals surface area contributed by atoms with Gasteiger partial charge in [-0.2, -0.15) is 0 Å². The molecule has 0 bridgehead atoms. The maximum atomic E-state index is 12.2. The fourth-order valence-electron chi connectivity index (χ4n) is 2.22. The van der Waals surface area contributed by atoms with E-state index in [4.69, 9.17) is 6.42 Å². The van der Waals surface area contributed by atoms with Gasteiger partial charge in [0.1, 0.15) is 5.69 Å². The third kappa shape index (κ3) is 3.11. The number of rotatable bonds is 4. The number of amides is 1. The summed E-state index contributed by atoms with van der Waals surface area (Å²) in [6, 6.07) is 7.53. The van der Waals surface area contributed by atoms with Crippen molar-refractivity contribution < 1.29 is 4.79 Å². The summed E-state index contributed by atoms with van der Waals surface area (Å²) in [5.41, 5.74) is 1.98. The van der Waals surface area contributed by atoms with E-state index in [9.17, 15) is 9.59 Å². The molecular weight excluding hydrogens is 266 g/mol. The van der Waals surface area contributed by atoms with E-state index in [2.05, 4.69) is 10.9 Å². The van der Waals surface area contributed by atoms with Gasteiger partial charge in [-0.15, -0.1) is 6.42 Å².